The Morgan fingerprint density at radius 1 is 0.619 bits per heavy atom. The maximum atomic E-state index is 4.90. The summed E-state index contributed by atoms with van der Waals surface area (Å²) in [5.41, 5.74) is 0. The quantitative estimate of drug-likeness (QED) is 0.209. The molecule has 0 aromatic carbocycles. The fourth-order valence-electron chi connectivity index (χ4n) is 0.767. The molecule has 0 spiro atoms. The van der Waals surface area contributed by atoms with Crippen LogP contribution in [0.15, 0.2) is 54.8 Å². The van der Waals surface area contributed by atoms with Crippen LogP contribution in [-0.4, -0.2) is 9.97 Å². The van der Waals surface area contributed by atoms with Gasteiger partial charge >= 0.3 is 49.6 Å². The van der Waals surface area contributed by atoms with E-state index >= 15 is 0 Å². The van der Waals surface area contributed by atoms with Crippen molar-refractivity contribution in [2.45, 2.75) is 0 Å². The van der Waals surface area contributed by atoms with Crippen LogP contribution in [-0.2, 0) is 9.20 Å². The van der Waals surface area contributed by atoms with Crippen LogP contribution in [0.25, 0.3) is 0 Å². The number of halogens is 8. The molecule has 0 amide bonds. The molecule has 0 aliphatic carbocycles. The molecule has 0 atom stereocenters. The molecule has 2 rings (SSSR count). The van der Waals surface area contributed by atoms with E-state index < -0.39 is 9.20 Å². The fraction of sp³-hybridized carbons (Fsp3) is 0. The third-order valence-electron chi connectivity index (χ3n) is 1.36. The van der Waals surface area contributed by atoms with Gasteiger partial charge in [-0.15, -0.1) is 0 Å². The molecule has 0 fully saturated rings. The summed E-state index contributed by atoms with van der Waals surface area (Å²) in [7, 11) is 17.4. The van der Waals surface area contributed by atoms with E-state index in [0.29, 0.717) is 0 Å². The molecule has 2 nitrogen and oxygen atoms in total. The van der Waals surface area contributed by atoms with Crippen molar-refractivity contribution < 1.29 is 9.20 Å². The van der Waals surface area contributed by atoms with Crippen molar-refractivity contribution in [2.75, 3.05) is 0 Å². The van der Waals surface area contributed by atoms with E-state index in [0.717, 1.165) is 18.4 Å². The van der Waals surface area contributed by atoms with Crippen LogP contribution in [0, 0.1) is 0 Å². The summed E-state index contributed by atoms with van der Waals surface area (Å²) in [6, 6.07) is 11.4. The van der Waals surface area contributed by atoms with Crippen molar-refractivity contribution >= 4 is 104 Å². The van der Waals surface area contributed by atoms with Crippen molar-refractivity contribution in [2.24, 2.45) is 0 Å². The first-order valence-corrected chi connectivity index (χ1v) is 12.9. The molecule has 11 heteroatoms. The van der Waals surface area contributed by atoms with Crippen molar-refractivity contribution in [1.29, 1.82) is 0 Å². The molecule has 0 saturated heterocycles. The molecule has 125 valence electrons. The molecule has 0 radical (unpaired) electrons. The molecule has 0 aliphatic heterocycles. The Bertz CT molecular complexity index is 473. The Labute approximate surface area is 176 Å². The van der Waals surface area contributed by atoms with Crippen molar-refractivity contribution in [1.82, 2.24) is 9.97 Å². The van der Waals surface area contributed by atoms with Crippen LogP contribution >= 0.6 is 104 Å². The third kappa shape index (κ3) is 18.1. The average molecular weight is 679 g/mol. The van der Waals surface area contributed by atoms with E-state index in [2.05, 4.69) is 73.7 Å². The molecule has 0 saturated carbocycles. The van der Waals surface area contributed by atoms with E-state index in [1.54, 1.807) is 0 Å². The zero-order valence-electron chi connectivity index (χ0n) is 9.68. The maximum absolute atomic E-state index is 4.90. The first kappa shape index (κ1) is 22.9. The van der Waals surface area contributed by atoms with Crippen LogP contribution in [0.5, 0.6) is 0 Å². The second-order valence-electron chi connectivity index (χ2n) is 2.82. The summed E-state index contributed by atoms with van der Waals surface area (Å²) in [4.78, 5) is 8.01. The molecular formula is C10H6Br4Cl4CuN2-2. The van der Waals surface area contributed by atoms with Gasteiger partial charge in [0.25, 0.3) is 0 Å². The molecule has 2 heterocycles. The topological polar surface area (TPSA) is 25.8 Å². The Morgan fingerprint density at radius 3 is 0.905 bits per heavy atom. The Kier molecular flexibility index (Phi) is 13.4. The van der Waals surface area contributed by atoms with Crippen LogP contribution in [0.3, 0.4) is 0 Å². The van der Waals surface area contributed by atoms with E-state index in [9.17, 15) is 0 Å². The van der Waals surface area contributed by atoms with E-state index in [1.807, 2.05) is 36.4 Å². The van der Waals surface area contributed by atoms with E-state index in [4.69, 9.17) is 40.4 Å². The number of nitrogens with zero attached hydrogens (tertiary/aromatic N) is 2. The van der Waals surface area contributed by atoms with Gasteiger partial charge in [0.2, 0.25) is 0 Å². The first-order valence-electron chi connectivity index (χ1n) is 4.59. The second-order valence-corrected chi connectivity index (χ2v) is 15.4. The normalized spacial score (nSPS) is 10.7. The monoisotopic (exact) mass is 673 g/mol. The summed E-state index contributed by atoms with van der Waals surface area (Å²) >= 11 is 12.9. The predicted octanol–water partition coefficient (Wildman–Crippen LogP) is 7.97. The van der Waals surface area contributed by atoms with E-state index in [-0.39, 0.29) is 0 Å². The van der Waals surface area contributed by atoms with E-state index in [1.165, 1.54) is 0 Å². The predicted molar refractivity (Wildman–Crippen MR) is 103 cm³/mol. The molecule has 21 heavy (non-hydrogen) atoms. The number of hydrogen-bond acceptors (Lipinski definition) is 2. The van der Waals surface area contributed by atoms with Gasteiger partial charge in [-0.1, -0.05) is 12.1 Å². The SMILES string of the molecule is Brc1cccc(Br)n1.Brc1cccc(Br)n1.[Cl][Cu-2]([Cl])([Cl])[Cl]. The number of hydrogen-bond donors (Lipinski definition) is 0. The number of rotatable bonds is 0. The number of aromatic nitrogens is 2. The van der Waals surface area contributed by atoms with Crippen molar-refractivity contribution in [3.05, 3.63) is 54.8 Å². The van der Waals surface area contributed by atoms with Crippen molar-refractivity contribution in [3.8, 4) is 0 Å². The zero-order valence-corrected chi connectivity index (χ0v) is 20.0. The minimum atomic E-state index is -2.24. The molecular weight excluding hydrogens is 673 g/mol. The van der Waals surface area contributed by atoms with Gasteiger partial charge in [0.1, 0.15) is 18.4 Å². The molecule has 0 aliphatic rings. The van der Waals surface area contributed by atoms with Gasteiger partial charge in [-0.3, -0.25) is 0 Å². The van der Waals surface area contributed by atoms with Gasteiger partial charge in [0.05, 0.1) is 0 Å². The summed E-state index contributed by atoms with van der Waals surface area (Å²) in [5, 5.41) is 0. The zero-order chi connectivity index (χ0) is 16.5. The van der Waals surface area contributed by atoms with Crippen LogP contribution in [0.1, 0.15) is 0 Å². The third-order valence-corrected chi connectivity index (χ3v) is 3.13. The fourth-order valence-corrected chi connectivity index (χ4v) is 2.62. The summed E-state index contributed by atoms with van der Waals surface area (Å²) in [6.07, 6.45) is 0. The Hall–Kier alpha value is 1.90. The van der Waals surface area contributed by atoms with Crippen LogP contribution < -0.4 is 0 Å². The van der Waals surface area contributed by atoms with Gasteiger partial charge in [0, 0.05) is 0 Å². The first-order chi connectivity index (χ1) is 9.58. The van der Waals surface area contributed by atoms with Gasteiger partial charge < -0.3 is 0 Å². The standard InChI is InChI=1S/2C5H3Br2N.4ClH.Cu/c2*6-4-2-1-3-5(7)8-4;;;;;/h2*1-3H;4*1H;/q;;;;;;+2/p-4. The summed E-state index contributed by atoms with van der Waals surface area (Å²) < 4.78 is 3.41. The summed E-state index contributed by atoms with van der Waals surface area (Å²) in [6.45, 7) is 0. The molecule has 2 aromatic heterocycles. The van der Waals surface area contributed by atoms with Crippen molar-refractivity contribution in [3.63, 3.8) is 0 Å². The second kappa shape index (κ2) is 12.3. The average Bonchev–Trinajstić information content (AvgIpc) is 2.26. The van der Waals surface area contributed by atoms with Crippen LogP contribution in [0.2, 0.25) is 0 Å². The summed E-state index contributed by atoms with van der Waals surface area (Å²) in [5.74, 6) is 0. The van der Waals surface area contributed by atoms with Gasteiger partial charge in [-0.2, -0.15) is 0 Å². The molecule has 2 aromatic rings. The van der Waals surface area contributed by atoms with Gasteiger partial charge in [0.15, 0.2) is 0 Å². The number of pyridine rings is 2. The minimum absolute atomic E-state index is 0.854. The Balaban J connectivity index is 0.000000296. The van der Waals surface area contributed by atoms with Crippen LogP contribution in [0.4, 0.5) is 0 Å². The van der Waals surface area contributed by atoms with Gasteiger partial charge in [-0.05, 0) is 88.0 Å². The Morgan fingerprint density at radius 2 is 0.810 bits per heavy atom. The van der Waals surface area contributed by atoms with Gasteiger partial charge in [-0.25, -0.2) is 9.97 Å². The molecule has 0 N–H and O–H groups in total. The molecule has 0 unspecified atom stereocenters. The molecule has 0 bridgehead atoms.